The molecule has 1 aromatic carbocycles. The van der Waals surface area contributed by atoms with Crippen molar-refractivity contribution in [3.63, 3.8) is 0 Å². The van der Waals surface area contributed by atoms with E-state index in [1.165, 1.54) is 0 Å². The Kier molecular flexibility index (Phi) is 9.45. The summed E-state index contributed by atoms with van der Waals surface area (Å²) in [7, 11) is 1.83. The van der Waals surface area contributed by atoms with Crippen LogP contribution in [0.1, 0.15) is 29.8 Å². The third-order valence-corrected chi connectivity index (χ3v) is 3.30. The maximum absolute atomic E-state index is 12.3. The standard InChI is InChI=1S/C16H25N3O2.ClH/c1-11(2)14(16(21)18-10-9-17-4)19-15(20)13-8-6-5-7-12(13)3;/h5-8,11,14,17H,9-10H2,1-4H3,(H,18,21)(H,19,20);1H. The Hall–Kier alpha value is -1.59. The van der Waals surface area contributed by atoms with Crippen LogP contribution in [0.25, 0.3) is 0 Å². The number of amides is 2. The lowest BCUT2D eigenvalue weighted by Gasteiger charge is -2.22. The molecule has 0 aliphatic rings. The molecule has 1 atom stereocenters. The molecule has 1 aromatic rings. The molecular weight excluding hydrogens is 302 g/mol. The second-order valence-corrected chi connectivity index (χ2v) is 5.40. The van der Waals surface area contributed by atoms with Crippen molar-refractivity contribution >= 4 is 24.2 Å². The number of aryl methyl sites for hydroxylation is 1. The molecule has 1 unspecified atom stereocenters. The van der Waals surface area contributed by atoms with E-state index in [0.29, 0.717) is 18.7 Å². The summed E-state index contributed by atoms with van der Waals surface area (Å²) in [5.74, 6) is -0.342. The number of nitrogens with one attached hydrogen (secondary N) is 3. The first kappa shape index (κ1) is 20.4. The largest absolute Gasteiger partial charge is 0.353 e. The normalized spacial score (nSPS) is 11.5. The van der Waals surface area contributed by atoms with Crippen LogP contribution in [0.15, 0.2) is 24.3 Å². The molecule has 0 saturated carbocycles. The van der Waals surface area contributed by atoms with E-state index in [4.69, 9.17) is 0 Å². The zero-order chi connectivity index (χ0) is 15.8. The molecule has 0 radical (unpaired) electrons. The predicted octanol–water partition coefficient (Wildman–Crippen LogP) is 1.51. The lowest BCUT2D eigenvalue weighted by molar-refractivity contribution is -0.123. The zero-order valence-electron chi connectivity index (χ0n) is 13.6. The molecule has 5 nitrogen and oxygen atoms in total. The Morgan fingerprint density at radius 3 is 2.32 bits per heavy atom. The van der Waals surface area contributed by atoms with Gasteiger partial charge in [0.1, 0.15) is 6.04 Å². The first-order valence-corrected chi connectivity index (χ1v) is 7.26. The Morgan fingerprint density at radius 2 is 1.77 bits per heavy atom. The smallest absolute Gasteiger partial charge is 0.252 e. The molecule has 124 valence electrons. The van der Waals surface area contributed by atoms with E-state index in [1.807, 2.05) is 46.0 Å². The van der Waals surface area contributed by atoms with Crippen molar-refractivity contribution in [1.29, 1.82) is 0 Å². The highest BCUT2D eigenvalue weighted by Crippen LogP contribution is 2.09. The van der Waals surface area contributed by atoms with Gasteiger partial charge in [0.15, 0.2) is 0 Å². The molecule has 0 aromatic heterocycles. The molecule has 0 aliphatic carbocycles. The molecule has 6 heteroatoms. The predicted molar refractivity (Wildman–Crippen MR) is 91.5 cm³/mol. The average Bonchev–Trinajstić information content (AvgIpc) is 2.44. The van der Waals surface area contributed by atoms with Crippen LogP contribution in [0.3, 0.4) is 0 Å². The van der Waals surface area contributed by atoms with Gasteiger partial charge in [-0.3, -0.25) is 9.59 Å². The Bertz CT molecular complexity index is 492. The fourth-order valence-corrected chi connectivity index (χ4v) is 2.00. The lowest BCUT2D eigenvalue weighted by Crippen LogP contribution is -2.50. The third kappa shape index (κ3) is 6.03. The van der Waals surface area contributed by atoms with Crippen LogP contribution in [0.5, 0.6) is 0 Å². The van der Waals surface area contributed by atoms with Gasteiger partial charge in [-0.2, -0.15) is 0 Å². The van der Waals surface area contributed by atoms with Crippen molar-refractivity contribution in [1.82, 2.24) is 16.0 Å². The summed E-state index contributed by atoms with van der Waals surface area (Å²) in [6, 6.07) is 6.82. The summed E-state index contributed by atoms with van der Waals surface area (Å²) in [6.07, 6.45) is 0. The maximum Gasteiger partial charge on any atom is 0.252 e. The monoisotopic (exact) mass is 327 g/mol. The molecular formula is C16H26ClN3O2. The Balaban J connectivity index is 0.00000441. The van der Waals surface area contributed by atoms with E-state index < -0.39 is 6.04 Å². The van der Waals surface area contributed by atoms with Crippen molar-refractivity contribution in [3.05, 3.63) is 35.4 Å². The van der Waals surface area contributed by atoms with Gasteiger partial charge in [0.25, 0.3) is 5.91 Å². The third-order valence-electron chi connectivity index (χ3n) is 3.30. The first-order chi connectivity index (χ1) is 9.97. The highest BCUT2D eigenvalue weighted by atomic mass is 35.5. The Labute approximate surface area is 138 Å². The van der Waals surface area contributed by atoms with Crippen molar-refractivity contribution < 1.29 is 9.59 Å². The number of hydrogen-bond donors (Lipinski definition) is 3. The van der Waals surface area contributed by atoms with E-state index in [9.17, 15) is 9.59 Å². The van der Waals surface area contributed by atoms with Crippen molar-refractivity contribution in [3.8, 4) is 0 Å². The van der Waals surface area contributed by atoms with E-state index >= 15 is 0 Å². The van der Waals surface area contributed by atoms with Gasteiger partial charge in [0.2, 0.25) is 5.91 Å². The number of hydrogen-bond acceptors (Lipinski definition) is 3. The summed E-state index contributed by atoms with van der Waals surface area (Å²) in [6.45, 7) is 6.95. The zero-order valence-corrected chi connectivity index (χ0v) is 14.4. The van der Waals surface area contributed by atoms with Gasteiger partial charge in [-0.25, -0.2) is 0 Å². The van der Waals surface area contributed by atoms with Crippen LogP contribution in [-0.2, 0) is 4.79 Å². The molecule has 0 bridgehead atoms. The number of likely N-dealkylation sites (N-methyl/N-ethyl adjacent to an activating group) is 1. The van der Waals surface area contributed by atoms with Gasteiger partial charge in [0, 0.05) is 18.7 Å². The molecule has 2 amide bonds. The van der Waals surface area contributed by atoms with E-state index in [1.54, 1.807) is 6.07 Å². The van der Waals surface area contributed by atoms with E-state index in [0.717, 1.165) is 5.56 Å². The van der Waals surface area contributed by atoms with Crippen LogP contribution >= 0.6 is 12.4 Å². The number of rotatable bonds is 7. The summed E-state index contributed by atoms with van der Waals surface area (Å²) < 4.78 is 0. The Morgan fingerprint density at radius 1 is 1.14 bits per heavy atom. The summed E-state index contributed by atoms with van der Waals surface area (Å²) in [5.41, 5.74) is 1.50. The minimum Gasteiger partial charge on any atom is -0.353 e. The minimum absolute atomic E-state index is 0. The van der Waals surface area contributed by atoms with Gasteiger partial charge in [-0.1, -0.05) is 32.0 Å². The van der Waals surface area contributed by atoms with Crippen molar-refractivity contribution in [2.24, 2.45) is 5.92 Å². The van der Waals surface area contributed by atoms with Crippen molar-refractivity contribution in [2.45, 2.75) is 26.8 Å². The summed E-state index contributed by atoms with van der Waals surface area (Å²) in [5, 5.41) is 8.61. The minimum atomic E-state index is -0.533. The second kappa shape index (κ2) is 10.2. The fourth-order valence-electron chi connectivity index (χ4n) is 2.00. The molecule has 0 fully saturated rings. The van der Waals surface area contributed by atoms with Gasteiger partial charge < -0.3 is 16.0 Å². The van der Waals surface area contributed by atoms with Gasteiger partial charge in [0.05, 0.1) is 0 Å². The quantitative estimate of drug-likeness (QED) is 0.665. The second-order valence-electron chi connectivity index (χ2n) is 5.40. The first-order valence-electron chi connectivity index (χ1n) is 7.26. The van der Waals surface area contributed by atoms with Gasteiger partial charge in [-0.15, -0.1) is 12.4 Å². The average molecular weight is 328 g/mol. The molecule has 22 heavy (non-hydrogen) atoms. The fraction of sp³-hybridized carbons (Fsp3) is 0.500. The van der Waals surface area contributed by atoms with Crippen molar-refractivity contribution in [2.75, 3.05) is 20.1 Å². The SMILES string of the molecule is CNCCNC(=O)C(NC(=O)c1ccccc1C)C(C)C.Cl. The van der Waals surface area contributed by atoms with Crippen LogP contribution in [-0.4, -0.2) is 38.0 Å². The topological polar surface area (TPSA) is 70.2 Å². The van der Waals surface area contributed by atoms with Crippen LogP contribution in [0.4, 0.5) is 0 Å². The molecule has 1 rings (SSSR count). The number of carbonyl (C=O) groups is 2. The number of benzene rings is 1. The maximum atomic E-state index is 12.3. The lowest BCUT2D eigenvalue weighted by atomic mass is 10.0. The van der Waals surface area contributed by atoms with E-state index in [2.05, 4.69) is 16.0 Å². The van der Waals surface area contributed by atoms with E-state index in [-0.39, 0.29) is 30.1 Å². The van der Waals surface area contributed by atoms with Gasteiger partial charge in [-0.05, 0) is 31.5 Å². The van der Waals surface area contributed by atoms with Gasteiger partial charge >= 0.3 is 0 Å². The number of halogens is 1. The molecule has 0 spiro atoms. The summed E-state index contributed by atoms with van der Waals surface area (Å²) >= 11 is 0. The highest BCUT2D eigenvalue weighted by molar-refractivity contribution is 5.98. The van der Waals surface area contributed by atoms with Crippen LogP contribution in [0.2, 0.25) is 0 Å². The van der Waals surface area contributed by atoms with Crippen LogP contribution < -0.4 is 16.0 Å². The molecule has 3 N–H and O–H groups in total. The molecule has 0 saturated heterocycles. The number of carbonyl (C=O) groups excluding carboxylic acids is 2. The van der Waals surface area contributed by atoms with Crippen LogP contribution in [0, 0.1) is 12.8 Å². The highest BCUT2D eigenvalue weighted by Gasteiger charge is 2.24. The summed E-state index contributed by atoms with van der Waals surface area (Å²) in [4.78, 5) is 24.5. The molecule has 0 aliphatic heterocycles. The molecule has 0 heterocycles.